The zero-order chi connectivity index (χ0) is 14.6. The summed E-state index contributed by atoms with van der Waals surface area (Å²) in [4.78, 5) is 22.5. The van der Waals surface area contributed by atoms with Crippen LogP contribution >= 0.6 is 0 Å². The molecule has 0 bridgehead atoms. The van der Waals surface area contributed by atoms with E-state index in [1.54, 1.807) is 4.68 Å². The van der Waals surface area contributed by atoms with Crippen LogP contribution in [0, 0.1) is 13.8 Å². The van der Waals surface area contributed by atoms with Crippen LogP contribution in [0.3, 0.4) is 0 Å². The fraction of sp³-hybridized carbons (Fsp3) is 0.583. The van der Waals surface area contributed by atoms with Crippen molar-refractivity contribution in [2.45, 2.75) is 32.7 Å². The number of amides is 2. The zero-order valence-electron chi connectivity index (χ0n) is 11.4. The molecule has 19 heavy (non-hydrogen) atoms. The van der Waals surface area contributed by atoms with Gasteiger partial charge >= 0.3 is 0 Å². The summed E-state index contributed by atoms with van der Waals surface area (Å²) < 4.78 is 1.77. The maximum atomic E-state index is 11.7. The van der Waals surface area contributed by atoms with Crippen LogP contribution in [0.25, 0.3) is 0 Å². The SMILES string of the molecule is Cc1nn(C)c(C)c1CCC(=O)N[C@@H](CO)C(N)=O. The first-order valence-electron chi connectivity index (χ1n) is 6.05. The standard InChI is InChI=1S/C12H20N4O3/c1-7-9(8(2)16(3)15-7)4-5-11(18)14-10(6-17)12(13)19/h10,17H,4-6H2,1-3H3,(H2,13,19)(H,14,18)/t10-/m0/s1. The molecule has 0 saturated heterocycles. The number of nitrogens with two attached hydrogens (primary N) is 1. The molecule has 0 unspecified atom stereocenters. The molecule has 0 aliphatic rings. The highest BCUT2D eigenvalue weighted by molar-refractivity contribution is 5.86. The molecule has 1 atom stereocenters. The van der Waals surface area contributed by atoms with Crippen LogP contribution in [-0.4, -0.2) is 39.4 Å². The van der Waals surface area contributed by atoms with Crippen molar-refractivity contribution < 1.29 is 14.7 Å². The first-order valence-corrected chi connectivity index (χ1v) is 6.05. The Morgan fingerprint density at radius 2 is 2.11 bits per heavy atom. The zero-order valence-corrected chi connectivity index (χ0v) is 11.4. The predicted molar refractivity (Wildman–Crippen MR) is 69.2 cm³/mol. The Kier molecular flexibility index (Phi) is 5.05. The molecule has 1 aromatic rings. The molecule has 1 heterocycles. The maximum Gasteiger partial charge on any atom is 0.242 e. The lowest BCUT2D eigenvalue weighted by Gasteiger charge is -2.12. The summed E-state index contributed by atoms with van der Waals surface area (Å²) in [5.74, 6) is -1.06. The fourth-order valence-corrected chi connectivity index (χ4v) is 1.89. The van der Waals surface area contributed by atoms with Crippen LogP contribution in [0.2, 0.25) is 0 Å². The second kappa shape index (κ2) is 6.33. The van der Waals surface area contributed by atoms with E-state index < -0.39 is 18.6 Å². The van der Waals surface area contributed by atoms with E-state index in [-0.39, 0.29) is 12.3 Å². The van der Waals surface area contributed by atoms with Crippen LogP contribution in [0.15, 0.2) is 0 Å². The summed E-state index contributed by atoms with van der Waals surface area (Å²) in [6.07, 6.45) is 0.755. The van der Waals surface area contributed by atoms with Crippen LogP contribution < -0.4 is 11.1 Å². The third-order valence-electron chi connectivity index (χ3n) is 3.12. The van der Waals surface area contributed by atoms with E-state index in [9.17, 15) is 9.59 Å². The first-order chi connectivity index (χ1) is 8.86. The minimum absolute atomic E-state index is 0.219. The Morgan fingerprint density at radius 3 is 2.53 bits per heavy atom. The lowest BCUT2D eigenvalue weighted by atomic mass is 10.1. The Hall–Kier alpha value is -1.89. The number of rotatable bonds is 6. The van der Waals surface area contributed by atoms with E-state index in [4.69, 9.17) is 10.8 Å². The summed E-state index contributed by atoms with van der Waals surface area (Å²) in [6, 6.07) is -1.02. The highest BCUT2D eigenvalue weighted by Gasteiger charge is 2.17. The predicted octanol–water partition coefficient (Wildman–Crippen LogP) is -1.07. The molecule has 1 rings (SSSR count). The number of primary amides is 1. The largest absolute Gasteiger partial charge is 0.394 e. The van der Waals surface area contributed by atoms with Gasteiger partial charge in [0.15, 0.2) is 0 Å². The molecule has 0 aromatic carbocycles. The first kappa shape index (κ1) is 15.2. The highest BCUT2D eigenvalue weighted by atomic mass is 16.3. The van der Waals surface area contributed by atoms with Crippen molar-refractivity contribution >= 4 is 11.8 Å². The molecule has 0 spiro atoms. The molecule has 0 aliphatic heterocycles. The summed E-state index contributed by atoms with van der Waals surface area (Å²) >= 11 is 0. The van der Waals surface area contributed by atoms with Gasteiger partial charge in [-0.05, 0) is 25.8 Å². The maximum absolute atomic E-state index is 11.7. The van der Waals surface area contributed by atoms with Gasteiger partial charge in [-0.1, -0.05) is 0 Å². The molecule has 2 amide bonds. The number of aryl methyl sites for hydroxylation is 2. The van der Waals surface area contributed by atoms with Crippen molar-refractivity contribution in [1.29, 1.82) is 0 Å². The van der Waals surface area contributed by atoms with Gasteiger partial charge in [-0.2, -0.15) is 5.10 Å². The van der Waals surface area contributed by atoms with Crippen LogP contribution in [-0.2, 0) is 23.1 Å². The Balaban J connectivity index is 2.57. The van der Waals surface area contributed by atoms with Crippen LogP contribution in [0.5, 0.6) is 0 Å². The Morgan fingerprint density at radius 1 is 1.47 bits per heavy atom. The van der Waals surface area contributed by atoms with Gasteiger partial charge in [-0.25, -0.2) is 0 Å². The Labute approximate surface area is 111 Å². The van der Waals surface area contributed by atoms with Gasteiger partial charge in [0, 0.05) is 19.2 Å². The van der Waals surface area contributed by atoms with E-state index >= 15 is 0 Å². The molecule has 7 heteroatoms. The van der Waals surface area contributed by atoms with Crippen molar-refractivity contribution in [3.05, 3.63) is 17.0 Å². The quantitative estimate of drug-likeness (QED) is 0.610. The minimum Gasteiger partial charge on any atom is -0.394 e. The van der Waals surface area contributed by atoms with Crippen LogP contribution in [0.4, 0.5) is 0 Å². The van der Waals surface area contributed by atoms with Gasteiger partial charge < -0.3 is 16.2 Å². The molecule has 4 N–H and O–H groups in total. The number of hydrogen-bond donors (Lipinski definition) is 3. The van der Waals surface area contributed by atoms with Gasteiger partial charge in [-0.3, -0.25) is 14.3 Å². The topological polar surface area (TPSA) is 110 Å². The number of nitrogens with one attached hydrogen (secondary N) is 1. The number of hydrogen-bond acceptors (Lipinski definition) is 4. The summed E-state index contributed by atoms with van der Waals surface area (Å²) in [5.41, 5.74) is 7.96. The molecule has 0 radical (unpaired) electrons. The lowest BCUT2D eigenvalue weighted by Crippen LogP contribution is -2.46. The molecule has 0 saturated carbocycles. The van der Waals surface area contributed by atoms with E-state index in [1.807, 2.05) is 20.9 Å². The monoisotopic (exact) mass is 268 g/mol. The molecular formula is C12H20N4O3. The van der Waals surface area contributed by atoms with E-state index in [0.29, 0.717) is 6.42 Å². The van der Waals surface area contributed by atoms with Gasteiger partial charge in [0.25, 0.3) is 0 Å². The second-order valence-electron chi connectivity index (χ2n) is 4.48. The van der Waals surface area contributed by atoms with Gasteiger partial charge in [-0.15, -0.1) is 0 Å². The Bertz CT molecular complexity index is 482. The summed E-state index contributed by atoms with van der Waals surface area (Å²) in [6.45, 7) is 3.33. The van der Waals surface area contributed by atoms with Crippen molar-refractivity contribution in [1.82, 2.24) is 15.1 Å². The van der Waals surface area contributed by atoms with Crippen molar-refractivity contribution in [3.63, 3.8) is 0 Å². The second-order valence-corrected chi connectivity index (χ2v) is 4.48. The summed E-state index contributed by atoms with van der Waals surface area (Å²) in [5, 5.41) is 15.5. The highest BCUT2D eigenvalue weighted by Crippen LogP contribution is 2.13. The van der Waals surface area contributed by atoms with E-state index in [0.717, 1.165) is 17.0 Å². The fourth-order valence-electron chi connectivity index (χ4n) is 1.89. The smallest absolute Gasteiger partial charge is 0.242 e. The molecule has 0 fully saturated rings. The van der Waals surface area contributed by atoms with Gasteiger partial charge in [0.2, 0.25) is 11.8 Å². The molecule has 106 valence electrons. The average molecular weight is 268 g/mol. The van der Waals surface area contributed by atoms with Crippen LogP contribution in [0.1, 0.15) is 23.4 Å². The number of aromatic nitrogens is 2. The third kappa shape index (κ3) is 3.78. The van der Waals surface area contributed by atoms with Gasteiger partial charge in [0.05, 0.1) is 12.3 Å². The minimum atomic E-state index is -1.02. The number of nitrogens with zero attached hydrogens (tertiary/aromatic N) is 2. The number of carbonyl (C=O) groups excluding carboxylic acids is 2. The number of aliphatic hydroxyl groups excluding tert-OH is 1. The molecule has 1 aromatic heterocycles. The summed E-state index contributed by atoms with van der Waals surface area (Å²) in [7, 11) is 1.85. The van der Waals surface area contributed by atoms with E-state index in [2.05, 4.69) is 10.4 Å². The molecule has 7 nitrogen and oxygen atoms in total. The normalized spacial score (nSPS) is 12.2. The number of carbonyl (C=O) groups is 2. The van der Waals surface area contributed by atoms with Crippen molar-refractivity contribution in [3.8, 4) is 0 Å². The lowest BCUT2D eigenvalue weighted by molar-refractivity contribution is -0.128. The third-order valence-corrected chi connectivity index (χ3v) is 3.12. The molecular weight excluding hydrogens is 248 g/mol. The molecule has 0 aliphatic carbocycles. The van der Waals surface area contributed by atoms with Gasteiger partial charge in [0.1, 0.15) is 6.04 Å². The number of aliphatic hydroxyl groups is 1. The van der Waals surface area contributed by atoms with E-state index in [1.165, 1.54) is 0 Å². The van der Waals surface area contributed by atoms with Crippen molar-refractivity contribution in [2.75, 3.05) is 6.61 Å². The van der Waals surface area contributed by atoms with Crippen molar-refractivity contribution in [2.24, 2.45) is 12.8 Å². The average Bonchev–Trinajstić information content (AvgIpc) is 2.58.